The lowest BCUT2D eigenvalue weighted by molar-refractivity contribution is -0.118. The molecule has 3 aromatic carbocycles. The van der Waals surface area contributed by atoms with E-state index in [1.165, 1.54) is 5.56 Å². The molecule has 0 aliphatic heterocycles. The van der Waals surface area contributed by atoms with E-state index < -0.39 is 5.91 Å². The van der Waals surface area contributed by atoms with Crippen LogP contribution in [0.2, 0.25) is 0 Å². The average molecular weight is 594 g/mol. The standard InChI is InChI=1S/C38H47N3O3/c1-10-37(5,6)26-17-20-34(31(22-26)38(7,8)11-2)44-24-39-36(43)30-23-33(28-15-13-14-16-29(28)35(30)42)40-32-19-18-27(21-25(32)4)41(9)12-3/h13-23H,10-12,24H2,1-9H3,(H,39,43). The summed E-state index contributed by atoms with van der Waals surface area (Å²) in [7, 11) is 2.05. The van der Waals surface area contributed by atoms with Crippen molar-refractivity contribution < 1.29 is 14.3 Å². The third kappa shape index (κ3) is 6.80. The Morgan fingerprint density at radius 1 is 0.909 bits per heavy atom. The van der Waals surface area contributed by atoms with E-state index in [0.717, 1.165) is 47.6 Å². The zero-order valence-electron chi connectivity index (χ0n) is 27.8. The van der Waals surface area contributed by atoms with Crippen molar-refractivity contribution in [2.45, 2.75) is 79.1 Å². The van der Waals surface area contributed by atoms with Gasteiger partial charge in [-0.25, -0.2) is 4.99 Å². The lowest BCUT2D eigenvalue weighted by Gasteiger charge is -2.30. The summed E-state index contributed by atoms with van der Waals surface area (Å²) in [6, 6.07) is 19.8. The Kier molecular flexibility index (Phi) is 9.82. The van der Waals surface area contributed by atoms with Crippen molar-refractivity contribution in [1.29, 1.82) is 0 Å². The first-order chi connectivity index (χ1) is 20.8. The fraction of sp³-hybridized carbons (Fsp3) is 0.395. The number of ether oxygens (including phenoxy) is 1. The third-order valence-corrected chi connectivity index (χ3v) is 9.27. The number of amides is 1. The number of carbonyl (C=O) groups is 2. The molecular formula is C38H47N3O3. The summed E-state index contributed by atoms with van der Waals surface area (Å²) >= 11 is 0. The van der Waals surface area contributed by atoms with Crippen LogP contribution in [-0.2, 0) is 15.6 Å². The van der Waals surface area contributed by atoms with Crippen molar-refractivity contribution in [1.82, 2.24) is 5.32 Å². The molecule has 1 aliphatic rings. The average Bonchev–Trinajstić information content (AvgIpc) is 3.02. The molecule has 1 aliphatic carbocycles. The molecule has 3 aromatic rings. The van der Waals surface area contributed by atoms with E-state index in [9.17, 15) is 9.59 Å². The molecule has 0 saturated carbocycles. The minimum Gasteiger partial charge on any atom is -0.473 e. The number of benzene rings is 3. The molecule has 0 radical (unpaired) electrons. The number of anilines is 1. The Bertz CT molecular complexity index is 1610. The number of hydrogen-bond acceptors (Lipinski definition) is 5. The summed E-state index contributed by atoms with van der Waals surface area (Å²) in [6.45, 7) is 18.2. The van der Waals surface area contributed by atoms with Gasteiger partial charge in [-0.15, -0.1) is 0 Å². The molecule has 1 N–H and O–H groups in total. The minimum absolute atomic E-state index is 0.0418. The Morgan fingerprint density at radius 3 is 2.23 bits per heavy atom. The summed E-state index contributed by atoms with van der Waals surface area (Å²) in [5, 5.41) is 2.83. The fourth-order valence-corrected chi connectivity index (χ4v) is 5.18. The quantitative estimate of drug-likeness (QED) is 0.180. The second-order valence-corrected chi connectivity index (χ2v) is 12.9. The summed E-state index contributed by atoms with van der Waals surface area (Å²) in [5.41, 5.74) is 7.00. The Labute approximate surface area is 263 Å². The number of carbonyl (C=O) groups excluding carboxylic acids is 2. The predicted molar refractivity (Wildman–Crippen MR) is 182 cm³/mol. The van der Waals surface area contributed by atoms with Crippen LogP contribution in [0.3, 0.4) is 0 Å². The number of rotatable bonds is 11. The second-order valence-electron chi connectivity index (χ2n) is 12.9. The van der Waals surface area contributed by atoms with Crippen molar-refractivity contribution in [3.63, 3.8) is 0 Å². The molecule has 44 heavy (non-hydrogen) atoms. The Balaban J connectivity index is 1.60. The van der Waals surface area contributed by atoms with Crippen LogP contribution < -0.4 is 15.0 Å². The van der Waals surface area contributed by atoms with Crippen LogP contribution in [0.4, 0.5) is 11.4 Å². The number of ketones is 1. The van der Waals surface area contributed by atoms with Crippen molar-refractivity contribution in [2.24, 2.45) is 4.99 Å². The van der Waals surface area contributed by atoms with Gasteiger partial charge in [0.25, 0.3) is 5.91 Å². The Hall–Kier alpha value is -4.19. The van der Waals surface area contributed by atoms with Crippen LogP contribution in [0.15, 0.2) is 77.3 Å². The molecule has 0 bridgehead atoms. The van der Waals surface area contributed by atoms with E-state index >= 15 is 0 Å². The fourth-order valence-electron chi connectivity index (χ4n) is 5.18. The van der Waals surface area contributed by atoms with E-state index in [1.807, 2.05) is 44.3 Å². The van der Waals surface area contributed by atoms with Gasteiger partial charge in [0.15, 0.2) is 12.5 Å². The van der Waals surface area contributed by atoms with Gasteiger partial charge in [0.2, 0.25) is 0 Å². The molecular weight excluding hydrogens is 546 g/mol. The van der Waals surface area contributed by atoms with Gasteiger partial charge in [-0.3, -0.25) is 9.59 Å². The van der Waals surface area contributed by atoms with Gasteiger partial charge in [0, 0.05) is 36.0 Å². The number of fused-ring (bicyclic) bond motifs is 1. The van der Waals surface area contributed by atoms with Crippen LogP contribution >= 0.6 is 0 Å². The van der Waals surface area contributed by atoms with Gasteiger partial charge in [0.05, 0.1) is 17.0 Å². The molecule has 0 atom stereocenters. The van der Waals surface area contributed by atoms with E-state index in [-0.39, 0.29) is 28.9 Å². The van der Waals surface area contributed by atoms with E-state index in [4.69, 9.17) is 9.73 Å². The van der Waals surface area contributed by atoms with Crippen molar-refractivity contribution >= 4 is 28.8 Å². The summed E-state index contributed by atoms with van der Waals surface area (Å²) in [6.07, 6.45) is 3.55. The highest BCUT2D eigenvalue weighted by molar-refractivity contribution is 6.35. The first-order valence-corrected chi connectivity index (χ1v) is 15.6. The van der Waals surface area contributed by atoms with E-state index in [2.05, 4.69) is 76.9 Å². The highest BCUT2D eigenvalue weighted by Gasteiger charge is 2.30. The van der Waals surface area contributed by atoms with Crippen molar-refractivity contribution in [2.75, 3.05) is 25.2 Å². The molecule has 1 amide bonds. The molecule has 4 rings (SSSR count). The van der Waals surface area contributed by atoms with E-state index in [0.29, 0.717) is 16.8 Å². The van der Waals surface area contributed by atoms with Crippen molar-refractivity contribution in [3.8, 4) is 5.75 Å². The van der Waals surface area contributed by atoms with Gasteiger partial charge >= 0.3 is 0 Å². The molecule has 0 unspecified atom stereocenters. The largest absolute Gasteiger partial charge is 0.473 e. The molecule has 0 saturated heterocycles. The predicted octanol–water partition coefficient (Wildman–Crippen LogP) is 8.22. The highest BCUT2D eigenvalue weighted by Crippen LogP contribution is 2.38. The summed E-state index contributed by atoms with van der Waals surface area (Å²) < 4.78 is 6.17. The first kappa shape index (κ1) is 32.7. The topological polar surface area (TPSA) is 71.0 Å². The maximum absolute atomic E-state index is 13.5. The Morgan fingerprint density at radius 2 is 1.59 bits per heavy atom. The zero-order valence-corrected chi connectivity index (χ0v) is 27.8. The number of Topliss-reactive ketones (excluding diaryl/α,β-unsaturated/α-hetero) is 1. The molecule has 0 heterocycles. The van der Waals surface area contributed by atoms with Gasteiger partial charge in [-0.2, -0.15) is 0 Å². The maximum atomic E-state index is 13.5. The van der Waals surface area contributed by atoms with Crippen LogP contribution in [0, 0.1) is 6.92 Å². The lowest BCUT2D eigenvalue weighted by Crippen LogP contribution is -2.34. The number of aliphatic imine (C=N–C) groups is 1. The molecule has 6 nitrogen and oxygen atoms in total. The maximum Gasteiger partial charge on any atom is 0.257 e. The summed E-state index contributed by atoms with van der Waals surface area (Å²) in [4.78, 5) is 34.0. The number of aryl methyl sites for hydroxylation is 1. The lowest BCUT2D eigenvalue weighted by atomic mass is 9.76. The summed E-state index contributed by atoms with van der Waals surface area (Å²) in [5.74, 6) is -0.0847. The number of hydrogen-bond donors (Lipinski definition) is 1. The molecule has 0 fully saturated rings. The normalized spacial score (nSPS) is 14.2. The smallest absolute Gasteiger partial charge is 0.257 e. The van der Waals surface area contributed by atoms with Crippen LogP contribution in [-0.4, -0.2) is 37.7 Å². The molecule has 6 heteroatoms. The first-order valence-electron chi connectivity index (χ1n) is 15.6. The molecule has 0 aromatic heterocycles. The SMILES string of the molecule is CCN(C)c1ccc(N=C2C=C(C(=O)NCOc3ccc(C(C)(C)CC)cc3C(C)(C)CC)C(=O)c3ccccc32)c(C)c1. The highest BCUT2D eigenvalue weighted by atomic mass is 16.5. The molecule has 0 spiro atoms. The number of nitrogens with zero attached hydrogens (tertiary/aromatic N) is 2. The third-order valence-electron chi connectivity index (χ3n) is 9.27. The van der Waals surface area contributed by atoms with Gasteiger partial charge < -0.3 is 15.0 Å². The van der Waals surface area contributed by atoms with Crippen LogP contribution in [0.5, 0.6) is 5.75 Å². The van der Waals surface area contributed by atoms with Crippen LogP contribution in [0.25, 0.3) is 0 Å². The van der Waals surface area contributed by atoms with Gasteiger partial charge in [0.1, 0.15) is 5.75 Å². The number of nitrogens with one attached hydrogen (secondary N) is 1. The second kappa shape index (κ2) is 13.2. The van der Waals surface area contributed by atoms with Crippen LogP contribution in [0.1, 0.15) is 93.9 Å². The monoisotopic (exact) mass is 593 g/mol. The minimum atomic E-state index is -0.492. The van der Waals surface area contributed by atoms with Gasteiger partial charge in [-0.1, -0.05) is 77.9 Å². The van der Waals surface area contributed by atoms with Crippen molar-refractivity contribution in [3.05, 3.63) is 100 Å². The number of allylic oxidation sites excluding steroid dienone is 1. The van der Waals surface area contributed by atoms with Gasteiger partial charge in [-0.05, 0) is 79.0 Å². The zero-order chi connectivity index (χ0) is 32.2. The molecule has 232 valence electrons. The van der Waals surface area contributed by atoms with E-state index in [1.54, 1.807) is 18.2 Å².